The number of H-pyrrole nitrogens is 1. The maximum absolute atomic E-state index is 11.5. The molecule has 0 bridgehead atoms. The van der Waals surface area contributed by atoms with Crippen molar-refractivity contribution in [1.29, 1.82) is 0 Å². The molecule has 0 spiro atoms. The Balaban J connectivity index is 2.23. The number of hydrogen-bond donors (Lipinski definition) is 2. The van der Waals surface area contributed by atoms with E-state index in [0.717, 1.165) is 19.5 Å². The van der Waals surface area contributed by atoms with Gasteiger partial charge in [-0.15, -0.1) is 0 Å². The number of nitrogens with zero attached hydrogens (tertiary/aromatic N) is 1. The van der Waals surface area contributed by atoms with Gasteiger partial charge in [0, 0.05) is 26.0 Å². The van der Waals surface area contributed by atoms with E-state index in [2.05, 4.69) is 10.3 Å². The van der Waals surface area contributed by atoms with E-state index in [9.17, 15) is 4.79 Å². The first-order chi connectivity index (χ1) is 7.24. The van der Waals surface area contributed by atoms with E-state index >= 15 is 0 Å². The Morgan fingerprint density at radius 1 is 1.60 bits per heavy atom. The molecule has 15 heavy (non-hydrogen) atoms. The molecule has 0 aliphatic heterocycles. The molecule has 84 valence electrons. The zero-order valence-electron chi connectivity index (χ0n) is 9.42. The monoisotopic (exact) mass is 209 g/mol. The third-order valence-corrected chi connectivity index (χ3v) is 2.35. The second kappa shape index (κ2) is 6.24. The van der Waals surface area contributed by atoms with Crippen LogP contribution in [0.2, 0.25) is 0 Å². The molecule has 1 aromatic heterocycles. The Kier molecular flexibility index (Phi) is 4.90. The predicted molar refractivity (Wildman–Crippen MR) is 60.7 cm³/mol. The van der Waals surface area contributed by atoms with Crippen LogP contribution in [0.5, 0.6) is 0 Å². The van der Waals surface area contributed by atoms with Crippen LogP contribution in [0.4, 0.5) is 0 Å². The lowest BCUT2D eigenvalue weighted by molar-refractivity contribution is -0.128. The molecule has 0 aliphatic carbocycles. The minimum Gasteiger partial charge on any atom is -0.367 e. The number of rotatable bonds is 6. The molecule has 0 saturated heterocycles. The minimum absolute atomic E-state index is 0.146. The molecule has 0 atom stereocenters. The fourth-order valence-corrected chi connectivity index (χ4v) is 1.30. The van der Waals surface area contributed by atoms with Gasteiger partial charge in [-0.05, 0) is 24.6 Å². The summed E-state index contributed by atoms with van der Waals surface area (Å²) in [7, 11) is 1.84. The average Bonchev–Trinajstić information content (AvgIpc) is 2.75. The smallest absolute Gasteiger partial charge is 0.236 e. The summed E-state index contributed by atoms with van der Waals surface area (Å²) in [6.45, 7) is 4.02. The molecule has 1 rings (SSSR count). The summed E-state index contributed by atoms with van der Waals surface area (Å²) in [4.78, 5) is 16.3. The van der Waals surface area contributed by atoms with Crippen molar-refractivity contribution in [2.75, 3.05) is 26.7 Å². The van der Waals surface area contributed by atoms with E-state index in [0.29, 0.717) is 6.54 Å². The lowest BCUT2D eigenvalue weighted by atomic mass is 10.2. The van der Waals surface area contributed by atoms with Gasteiger partial charge in [0.1, 0.15) is 0 Å². The first-order valence-corrected chi connectivity index (χ1v) is 5.30. The summed E-state index contributed by atoms with van der Waals surface area (Å²) in [5.41, 5.74) is 1.23. The van der Waals surface area contributed by atoms with Crippen LogP contribution in [0.15, 0.2) is 18.5 Å². The largest absolute Gasteiger partial charge is 0.367 e. The van der Waals surface area contributed by atoms with Gasteiger partial charge >= 0.3 is 0 Å². The van der Waals surface area contributed by atoms with Gasteiger partial charge in [-0.25, -0.2) is 0 Å². The molecule has 2 N–H and O–H groups in total. The van der Waals surface area contributed by atoms with Crippen LogP contribution in [0, 0.1) is 0 Å². The van der Waals surface area contributed by atoms with E-state index in [4.69, 9.17) is 0 Å². The van der Waals surface area contributed by atoms with Gasteiger partial charge in [-0.3, -0.25) is 4.79 Å². The molecule has 0 fully saturated rings. The molecule has 1 aromatic rings. The summed E-state index contributed by atoms with van der Waals surface area (Å²) < 4.78 is 0. The zero-order valence-corrected chi connectivity index (χ0v) is 9.42. The summed E-state index contributed by atoms with van der Waals surface area (Å²) in [6, 6.07) is 2.03. The molecular weight excluding hydrogens is 190 g/mol. The van der Waals surface area contributed by atoms with Crippen molar-refractivity contribution < 1.29 is 4.79 Å². The SMILES string of the molecule is CCNCC(=O)N(C)CCc1cc[nH]c1. The van der Waals surface area contributed by atoms with Crippen LogP contribution in [0.3, 0.4) is 0 Å². The van der Waals surface area contributed by atoms with Gasteiger partial charge in [0.05, 0.1) is 6.54 Å². The van der Waals surface area contributed by atoms with Crippen molar-refractivity contribution in [3.8, 4) is 0 Å². The summed E-state index contributed by atoms with van der Waals surface area (Å²) in [5, 5.41) is 3.02. The van der Waals surface area contributed by atoms with Crippen molar-refractivity contribution in [1.82, 2.24) is 15.2 Å². The van der Waals surface area contributed by atoms with Crippen LogP contribution in [0.25, 0.3) is 0 Å². The second-order valence-electron chi connectivity index (χ2n) is 3.56. The highest BCUT2D eigenvalue weighted by Gasteiger charge is 2.07. The second-order valence-corrected chi connectivity index (χ2v) is 3.56. The Morgan fingerprint density at radius 3 is 3.00 bits per heavy atom. The fourth-order valence-electron chi connectivity index (χ4n) is 1.30. The van der Waals surface area contributed by atoms with Crippen molar-refractivity contribution in [2.45, 2.75) is 13.3 Å². The van der Waals surface area contributed by atoms with E-state index < -0.39 is 0 Å². The van der Waals surface area contributed by atoms with Gasteiger partial charge in [-0.2, -0.15) is 0 Å². The Labute approximate surface area is 90.7 Å². The Bertz CT molecular complexity index is 282. The summed E-state index contributed by atoms with van der Waals surface area (Å²) in [5.74, 6) is 0.146. The molecule has 0 aliphatic rings. The number of aromatic amines is 1. The lowest BCUT2D eigenvalue weighted by Gasteiger charge is -2.16. The highest BCUT2D eigenvalue weighted by molar-refractivity contribution is 5.77. The topological polar surface area (TPSA) is 48.1 Å². The zero-order chi connectivity index (χ0) is 11.1. The van der Waals surface area contributed by atoms with E-state index in [-0.39, 0.29) is 5.91 Å². The number of carbonyl (C=O) groups excluding carboxylic acids is 1. The lowest BCUT2D eigenvalue weighted by Crippen LogP contribution is -2.36. The highest BCUT2D eigenvalue weighted by atomic mass is 16.2. The molecule has 1 heterocycles. The maximum atomic E-state index is 11.5. The number of nitrogens with one attached hydrogen (secondary N) is 2. The summed E-state index contributed by atoms with van der Waals surface area (Å²) >= 11 is 0. The molecule has 0 unspecified atom stereocenters. The van der Waals surface area contributed by atoms with Crippen LogP contribution in [-0.2, 0) is 11.2 Å². The van der Waals surface area contributed by atoms with Gasteiger partial charge in [0.25, 0.3) is 0 Å². The molecule has 4 nitrogen and oxygen atoms in total. The quantitative estimate of drug-likeness (QED) is 0.721. The highest BCUT2D eigenvalue weighted by Crippen LogP contribution is 1.98. The Morgan fingerprint density at radius 2 is 2.40 bits per heavy atom. The molecular formula is C11H19N3O. The normalized spacial score (nSPS) is 10.3. The first-order valence-electron chi connectivity index (χ1n) is 5.30. The fraction of sp³-hybridized carbons (Fsp3) is 0.545. The number of hydrogen-bond acceptors (Lipinski definition) is 2. The van der Waals surface area contributed by atoms with E-state index in [1.165, 1.54) is 5.56 Å². The summed E-state index contributed by atoms with van der Waals surface area (Å²) in [6.07, 6.45) is 4.76. The molecule has 0 aromatic carbocycles. The number of carbonyl (C=O) groups is 1. The predicted octanol–water partition coefficient (Wildman–Crippen LogP) is 0.625. The van der Waals surface area contributed by atoms with Gasteiger partial charge in [-0.1, -0.05) is 6.92 Å². The average molecular weight is 209 g/mol. The van der Waals surface area contributed by atoms with Gasteiger partial charge in [0.15, 0.2) is 0 Å². The van der Waals surface area contributed by atoms with Crippen molar-refractivity contribution in [3.05, 3.63) is 24.0 Å². The third kappa shape index (κ3) is 4.16. The molecule has 0 radical (unpaired) electrons. The molecule has 1 amide bonds. The van der Waals surface area contributed by atoms with Crippen molar-refractivity contribution >= 4 is 5.91 Å². The Hall–Kier alpha value is -1.29. The number of likely N-dealkylation sites (N-methyl/N-ethyl adjacent to an activating group) is 2. The first kappa shape index (κ1) is 11.8. The van der Waals surface area contributed by atoms with Crippen molar-refractivity contribution in [3.63, 3.8) is 0 Å². The van der Waals surface area contributed by atoms with E-state index in [1.54, 1.807) is 4.90 Å². The van der Waals surface area contributed by atoms with Crippen molar-refractivity contribution in [2.24, 2.45) is 0 Å². The molecule has 0 saturated carbocycles. The van der Waals surface area contributed by atoms with E-state index in [1.807, 2.05) is 32.4 Å². The van der Waals surface area contributed by atoms with Gasteiger partial charge in [0.2, 0.25) is 5.91 Å². The van der Waals surface area contributed by atoms with Crippen LogP contribution in [-0.4, -0.2) is 42.5 Å². The van der Waals surface area contributed by atoms with Crippen LogP contribution >= 0.6 is 0 Å². The number of amides is 1. The number of aromatic nitrogens is 1. The standard InChI is InChI=1S/C11H19N3O/c1-3-12-9-11(15)14(2)7-5-10-4-6-13-8-10/h4,6,8,12-13H,3,5,7,9H2,1-2H3. The molecule has 4 heteroatoms. The van der Waals surface area contributed by atoms with Gasteiger partial charge < -0.3 is 15.2 Å². The van der Waals surface area contributed by atoms with Crippen LogP contribution in [0.1, 0.15) is 12.5 Å². The third-order valence-electron chi connectivity index (χ3n) is 2.35. The van der Waals surface area contributed by atoms with Crippen LogP contribution < -0.4 is 5.32 Å². The minimum atomic E-state index is 0.146. The maximum Gasteiger partial charge on any atom is 0.236 e.